The van der Waals surface area contributed by atoms with Gasteiger partial charge < -0.3 is 4.98 Å². The van der Waals surface area contributed by atoms with Gasteiger partial charge in [-0.1, -0.05) is 25.5 Å². The normalized spacial score (nSPS) is 15.2. The minimum absolute atomic E-state index is 0.0902. The lowest BCUT2D eigenvalue weighted by Crippen LogP contribution is -2.12. The average molecular weight is 295 g/mol. The first kappa shape index (κ1) is 13.4. The number of nitrogens with zero attached hydrogens (tertiary/aromatic N) is 2. The zero-order valence-electron chi connectivity index (χ0n) is 12.6. The van der Waals surface area contributed by atoms with Crippen LogP contribution in [-0.2, 0) is 6.42 Å². The molecule has 2 heterocycles. The second-order valence-corrected chi connectivity index (χ2v) is 5.97. The van der Waals surface area contributed by atoms with E-state index in [0.717, 1.165) is 23.1 Å². The zero-order chi connectivity index (χ0) is 15.1. The number of aromatic amines is 1. The van der Waals surface area contributed by atoms with E-state index >= 15 is 4.39 Å². The fraction of sp³-hybridized carbons (Fsp3) is 0.333. The minimum atomic E-state index is -0.0902. The highest BCUT2D eigenvalue weighted by Gasteiger charge is 2.24. The van der Waals surface area contributed by atoms with Gasteiger partial charge in [-0.05, 0) is 42.4 Å². The Kier molecular flexibility index (Phi) is 3.17. The van der Waals surface area contributed by atoms with Crippen LogP contribution >= 0.6 is 0 Å². The van der Waals surface area contributed by atoms with Crippen molar-refractivity contribution >= 4 is 11.2 Å². The van der Waals surface area contributed by atoms with Crippen molar-refractivity contribution in [2.24, 2.45) is 0 Å². The monoisotopic (exact) mass is 295 g/mol. The predicted octanol–water partition coefficient (Wildman–Crippen LogP) is 4.59. The Morgan fingerprint density at radius 3 is 2.86 bits per heavy atom. The Hall–Kier alpha value is -2.23. The summed E-state index contributed by atoms with van der Waals surface area (Å²) >= 11 is 0. The van der Waals surface area contributed by atoms with Gasteiger partial charge in [-0.25, -0.2) is 14.4 Å². The van der Waals surface area contributed by atoms with Crippen molar-refractivity contribution in [3.63, 3.8) is 0 Å². The summed E-state index contributed by atoms with van der Waals surface area (Å²) in [7, 11) is 0. The molecule has 0 atom stereocenters. The number of pyridine rings is 1. The van der Waals surface area contributed by atoms with Gasteiger partial charge in [0.1, 0.15) is 5.82 Å². The van der Waals surface area contributed by atoms with Crippen molar-refractivity contribution in [1.29, 1.82) is 0 Å². The summed E-state index contributed by atoms with van der Waals surface area (Å²) in [6.45, 7) is 2.03. The van der Waals surface area contributed by atoms with E-state index in [-0.39, 0.29) is 5.82 Å². The molecule has 4 rings (SSSR count). The number of hydrogen-bond acceptors (Lipinski definition) is 2. The number of rotatable bonds is 3. The molecule has 2 aromatic heterocycles. The summed E-state index contributed by atoms with van der Waals surface area (Å²) in [6, 6.07) is 5.93. The van der Waals surface area contributed by atoms with Crippen LogP contribution in [0.25, 0.3) is 22.3 Å². The van der Waals surface area contributed by atoms with Gasteiger partial charge in [-0.2, -0.15) is 0 Å². The molecule has 1 fully saturated rings. The van der Waals surface area contributed by atoms with Crippen LogP contribution in [0, 0.1) is 5.82 Å². The molecule has 1 saturated carbocycles. The molecule has 1 N–H and O–H groups in total. The number of halogens is 1. The van der Waals surface area contributed by atoms with E-state index in [1.165, 1.54) is 24.8 Å². The van der Waals surface area contributed by atoms with Gasteiger partial charge in [0.2, 0.25) is 0 Å². The number of aromatic nitrogens is 3. The lowest BCUT2D eigenvalue weighted by atomic mass is 9.77. The van der Waals surface area contributed by atoms with E-state index in [0.29, 0.717) is 17.1 Å². The molecule has 22 heavy (non-hydrogen) atoms. The van der Waals surface area contributed by atoms with E-state index in [1.54, 1.807) is 12.5 Å². The Balaban J connectivity index is 1.83. The standard InChI is InChI=1S/C18H18FN3/c1-2-13-14(11-4-3-5-11)6-7-15(17(13)19)12-8-16-18(20-9-12)22-10-21-16/h6-11H,2-5H2,1H3,(H,20,21,22). The molecular formula is C18H18FN3. The maximum absolute atomic E-state index is 15.0. The summed E-state index contributed by atoms with van der Waals surface area (Å²) < 4.78 is 15.0. The molecule has 0 radical (unpaired) electrons. The topological polar surface area (TPSA) is 41.6 Å². The van der Waals surface area contributed by atoms with E-state index in [4.69, 9.17) is 0 Å². The summed E-state index contributed by atoms with van der Waals surface area (Å²) in [5, 5.41) is 0. The first-order chi connectivity index (χ1) is 10.8. The van der Waals surface area contributed by atoms with E-state index < -0.39 is 0 Å². The van der Waals surface area contributed by atoms with Crippen molar-refractivity contribution in [1.82, 2.24) is 15.0 Å². The summed E-state index contributed by atoms with van der Waals surface area (Å²) in [6.07, 6.45) is 7.67. The molecular weight excluding hydrogens is 277 g/mol. The van der Waals surface area contributed by atoms with E-state index in [9.17, 15) is 0 Å². The van der Waals surface area contributed by atoms with Crippen LogP contribution in [0.2, 0.25) is 0 Å². The molecule has 1 aliphatic rings. The van der Waals surface area contributed by atoms with Gasteiger partial charge in [0, 0.05) is 17.3 Å². The molecule has 0 saturated heterocycles. The van der Waals surface area contributed by atoms with Crippen LogP contribution < -0.4 is 0 Å². The Morgan fingerprint density at radius 2 is 2.14 bits per heavy atom. The largest absolute Gasteiger partial charge is 0.343 e. The van der Waals surface area contributed by atoms with Crippen LogP contribution in [0.1, 0.15) is 43.2 Å². The maximum atomic E-state index is 15.0. The van der Waals surface area contributed by atoms with Gasteiger partial charge in [0.15, 0.2) is 5.65 Å². The lowest BCUT2D eigenvalue weighted by molar-refractivity contribution is 0.415. The number of nitrogens with one attached hydrogen (secondary N) is 1. The van der Waals surface area contributed by atoms with Crippen molar-refractivity contribution in [2.75, 3.05) is 0 Å². The van der Waals surface area contributed by atoms with Gasteiger partial charge in [0.05, 0.1) is 11.8 Å². The van der Waals surface area contributed by atoms with E-state index in [2.05, 4.69) is 21.0 Å². The van der Waals surface area contributed by atoms with E-state index in [1.807, 2.05) is 19.1 Å². The third-order valence-electron chi connectivity index (χ3n) is 4.76. The highest BCUT2D eigenvalue weighted by molar-refractivity contribution is 5.78. The Labute approximate surface area is 128 Å². The molecule has 112 valence electrons. The fourth-order valence-corrected chi connectivity index (χ4v) is 3.30. The third kappa shape index (κ3) is 2.02. The first-order valence-electron chi connectivity index (χ1n) is 7.88. The van der Waals surface area contributed by atoms with Crippen LogP contribution in [0.5, 0.6) is 0 Å². The van der Waals surface area contributed by atoms with Crippen molar-refractivity contribution in [3.05, 3.63) is 47.7 Å². The fourth-order valence-electron chi connectivity index (χ4n) is 3.30. The molecule has 0 bridgehead atoms. The highest BCUT2D eigenvalue weighted by Crippen LogP contribution is 2.40. The average Bonchev–Trinajstić information content (AvgIpc) is 2.93. The number of imidazole rings is 1. The van der Waals surface area contributed by atoms with Gasteiger partial charge in [0.25, 0.3) is 0 Å². The van der Waals surface area contributed by atoms with Crippen molar-refractivity contribution < 1.29 is 4.39 Å². The summed E-state index contributed by atoms with van der Waals surface area (Å²) in [5.41, 5.74) is 4.98. The number of hydrogen-bond donors (Lipinski definition) is 1. The molecule has 0 spiro atoms. The number of H-pyrrole nitrogens is 1. The molecule has 1 aliphatic carbocycles. The first-order valence-corrected chi connectivity index (χ1v) is 7.88. The van der Waals surface area contributed by atoms with Crippen molar-refractivity contribution in [3.8, 4) is 11.1 Å². The second kappa shape index (κ2) is 5.20. The van der Waals surface area contributed by atoms with Crippen LogP contribution in [0.15, 0.2) is 30.7 Å². The summed E-state index contributed by atoms with van der Waals surface area (Å²) in [4.78, 5) is 11.4. The Bertz CT molecular complexity index is 833. The van der Waals surface area contributed by atoms with Gasteiger partial charge >= 0.3 is 0 Å². The molecule has 1 aromatic carbocycles. The predicted molar refractivity (Wildman–Crippen MR) is 85.3 cm³/mol. The maximum Gasteiger partial charge on any atom is 0.177 e. The zero-order valence-corrected chi connectivity index (χ0v) is 12.6. The third-order valence-corrected chi connectivity index (χ3v) is 4.76. The van der Waals surface area contributed by atoms with Gasteiger partial charge in [-0.3, -0.25) is 0 Å². The lowest BCUT2D eigenvalue weighted by Gasteiger charge is -2.28. The highest BCUT2D eigenvalue weighted by atomic mass is 19.1. The van der Waals surface area contributed by atoms with Crippen LogP contribution in [-0.4, -0.2) is 15.0 Å². The smallest absolute Gasteiger partial charge is 0.177 e. The number of fused-ring (bicyclic) bond motifs is 1. The molecule has 4 heteroatoms. The Morgan fingerprint density at radius 1 is 1.27 bits per heavy atom. The quantitative estimate of drug-likeness (QED) is 0.767. The molecule has 0 aliphatic heterocycles. The molecule has 0 unspecified atom stereocenters. The van der Waals surface area contributed by atoms with Crippen LogP contribution in [0.3, 0.4) is 0 Å². The van der Waals surface area contributed by atoms with Gasteiger partial charge in [-0.15, -0.1) is 0 Å². The van der Waals surface area contributed by atoms with Crippen LogP contribution in [0.4, 0.5) is 4.39 Å². The second-order valence-electron chi connectivity index (χ2n) is 5.97. The number of benzene rings is 1. The molecule has 0 amide bonds. The summed E-state index contributed by atoms with van der Waals surface area (Å²) in [5.74, 6) is 0.458. The molecule has 3 aromatic rings. The SMILES string of the molecule is CCc1c(C2CCC2)ccc(-c2cnc3nc[nH]c3c2)c1F. The molecule has 3 nitrogen and oxygen atoms in total. The minimum Gasteiger partial charge on any atom is -0.343 e. The van der Waals surface area contributed by atoms with Crippen molar-refractivity contribution in [2.45, 2.75) is 38.5 Å².